The number of carbonyl (C=O) groups excluding carboxylic acids is 2. The molecule has 42 heavy (non-hydrogen) atoms. The Balaban J connectivity index is 1.35. The van der Waals surface area contributed by atoms with Gasteiger partial charge in [-0.25, -0.2) is 19.7 Å². The fourth-order valence-corrected chi connectivity index (χ4v) is 6.38. The Hall–Kier alpha value is -2.97. The lowest BCUT2D eigenvalue weighted by atomic mass is 10.0. The van der Waals surface area contributed by atoms with Crippen LogP contribution in [-0.2, 0) is 14.2 Å². The number of aromatic nitrogens is 4. The molecule has 0 radical (unpaired) electrons. The van der Waals surface area contributed by atoms with Gasteiger partial charge in [0.2, 0.25) is 0 Å². The standard InChI is InChI=1S/C27H33Cl2N7O5S/c1-4-40-18-14-36(7-6-16(18)33-25(37)23-21(29)20(28)15(3)32-23)27-34-22(24(42-27)26(38)41-5-2)17-12-31-19(13-30-17)35-8-10-39-11-9-35/h12-13,16,18,32H,4-11,14H2,1-3H3,(H,33,37)/t16-,18+/m1/s1. The summed E-state index contributed by atoms with van der Waals surface area (Å²) in [6, 6.07) is -0.269. The van der Waals surface area contributed by atoms with E-state index in [-0.39, 0.29) is 35.4 Å². The number of nitrogens with one attached hydrogen (secondary N) is 2. The quantitative estimate of drug-likeness (QED) is 0.332. The number of esters is 1. The molecule has 0 spiro atoms. The maximum atomic E-state index is 13.0. The fourth-order valence-electron chi connectivity index (χ4n) is 4.96. The third-order valence-corrected chi connectivity index (χ3v) is 9.14. The topological polar surface area (TPSA) is 135 Å². The van der Waals surface area contributed by atoms with Crippen molar-refractivity contribution < 1.29 is 23.8 Å². The SMILES string of the molecule is CCOC(=O)c1sc(N2CC[C@@H](NC(=O)c3[nH]c(C)c(Cl)c3Cl)[C@@H](OCC)C2)nc1-c1cnc(N2CCOCC2)cn1. The van der Waals surface area contributed by atoms with Gasteiger partial charge in [0.1, 0.15) is 27.8 Å². The average molecular weight is 639 g/mol. The number of amides is 1. The fraction of sp³-hybridized carbons (Fsp3) is 0.519. The van der Waals surface area contributed by atoms with Crippen molar-refractivity contribution in [2.45, 2.75) is 39.3 Å². The average Bonchev–Trinajstić information content (AvgIpc) is 3.56. The Morgan fingerprint density at radius 3 is 2.55 bits per heavy atom. The number of aromatic amines is 1. The van der Waals surface area contributed by atoms with Crippen molar-refractivity contribution in [1.82, 2.24) is 25.3 Å². The molecule has 1 amide bonds. The van der Waals surface area contributed by atoms with Gasteiger partial charge >= 0.3 is 5.97 Å². The van der Waals surface area contributed by atoms with E-state index in [2.05, 4.69) is 30.1 Å². The molecule has 226 valence electrons. The number of ether oxygens (including phenoxy) is 3. The summed E-state index contributed by atoms with van der Waals surface area (Å²) < 4.78 is 16.8. The minimum absolute atomic E-state index is 0.194. The largest absolute Gasteiger partial charge is 0.462 e. The summed E-state index contributed by atoms with van der Waals surface area (Å²) in [5.74, 6) is -0.0640. The van der Waals surface area contributed by atoms with Crippen molar-refractivity contribution >= 4 is 57.4 Å². The van der Waals surface area contributed by atoms with Gasteiger partial charge in [-0.3, -0.25) is 4.79 Å². The van der Waals surface area contributed by atoms with Gasteiger partial charge in [-0.2, -0.15) is 0 Å². The summed E-state index contributed by atoms with van der Waals surface area (Å²) in [7, 11) is 0. The summed E-state index contributed by atoms with van der Waals surface area (Å²) >= 11 is 13.7. The molecule has 5 heterocycles. The van der Waals surface area contributed by atoms with E-state index in [9.17, 15) is 9.59 Å². The van der Waals surface area contributed by atoms with Crippen LogP contribution in [0, 0.1) is 6.92 Å². The first-order valence-electron chi connectivity index (χ1n) is 13.8. The highest BCUT2D eigenvalue weighted by molar-refractivity contribution is 7.17. The first kappa shape index (κ1) is 30.5. The van der Waals surface area contributed by atoms with Crippen molar-refractivity contribution in [3.8, 4) is 11.4 Å². The van der Waals surface area contributed by atoms with Crippen LogP contribution in [0.3, 0.4) is 0 Å². The summed E-state index contributed by atoms with van der Waals surface area (Å²) in [5.41, 5.74) is 1.76. The molecular weight excluding hydrogens is 605 g/mol. The first-order chi connectivity index (χ1) is 20.3. The Morgan fingerprint density at radius 2 is 1.90 bits per heavy atom. The molecule has 0 bridgehead atoms. The van der Waals surface area contributed by atoms with Gasteiger partial charge in [-0.05, 0) is 27.2 Å². The number of thiazole rings is 1. The molecule has 0 aliphatic carbocycles. The highest BCUT2D eigenvalue weighted by Crippen LogP contribution is 2.35. The lowest BCUT2D eigenvalue weighted by molar-refractivity contribution is 0.0272. The summed E-state index contributed by atoms with van der Waals surface area (Å²) in [6.45, 7) is 9.91. The van der Waals surface area contributed by atoms with E-state index in [0.29, 0.717) is 71.4 Å². The smallest absolute Gasteiger partial charge is 0.350 e. The molecule has 2 saturated heterocycles. The number of H-pyrrole nitrogens is 1. The summed E-state index contributed by atoms with van der Waals surface area (Å²) in [6.07, 6.45) is 3.58. The lowest BCUT2D eigenvalue weighted by Crippen LogP contribution is -2.55. The van der Waals surface area contributed by atoms with E-state index in [1.165, 1.54) is 11.3 Å². The number of hydrogen-bond donors (Lipinski definition) is 2. The van der Waals surface area contributed by atoms with Crippen LogP contribution in [0.25, 0.3) is 11.4 Å². The Morgan fingerprint density at radius 1 is 1.12 bits per heavy atom. The second kappa shape index (κ2) is 13.6. The molecule has 3 aromatic rings. The molecule has 0 unspecified atom stereocenters. The third kappa shape index (κ3) is 6.50. The number of aryl methyl sites for hydroxylation is 1. The van der Waals surface area contributed by atoms with Crippen LogP contribution < -0.4 is 15.1 Å². The van der Waals surface area contributed by atoms with E-state index in [0.717, 1.165) is 18.9 Å². The molecule has 12 nitrogen and oxygen atoms in total. The molecule has 3 aromatic heterocycles. The number of nitrogens with zero attached hydrogens (tertiary/aromatic N) is 5. The monoisotopic (exact) mass is 637 g/mol. The van der Waals surface area contributed by atoms with Crippen LogP contribution in [0.5, 0.6) is 0 Å². The lowest BCUT2D eigenvalue weighted by Gasteiger charge is -2.38. The minimum atomic E-state index is -0.462. The number of rotatable bonds is 9. The summed E-state index contributed by atoms with van der Waals surface area (Å²) in [5, 5.41) is 4.21. The molecule has 15 heteroatoms. The van der Waals surface area contributed by atoms with Crippen LogP contribution in [0.4, 0.5) is 10.9 Å². The maximum Gasteiger partial charge on any atom is 0.350 e. The van der Waals surface area contributed by atoms with Crippen molar-refractivity contribution in [2.75, 3.05) is 62.4 Å². The number of morpholine rings is 1. The Labute approximate surface area is 257 Å². The minimum Gasteiger partial charge on any atom is -0.462 e. The predicted octanol–water partition coefficient (Wildman–Crippen LogP) is 3.97. The molecule has 0 saturated carbocycles. The van der Waals surface area contributed by atoms with E-state index < -0.39 is 5.97 Å². The Kier molecular flexibility index (Phi) is 9.84. The number of halogens is 2. The number of carbonyl (C=O) groups is 2. The van der Waals surface area contributed by atoms with Crippen LogP contribution in [0.1, 0.15) is 46.1 Å². The van der Waals surface area contributed by atoms with E-state index in [1.54, 1.807) is 26.2 Å². The van der Waals surface area contributed by atoms with Gasteiger partial charge in [0.15, 0.2) is 5.13 Å². The maximum absolute atomic E-state index is 13.0. The molecule has 2 atom stereocenters. The van der Waals surface area contributed by atoms with Crippen molar-refractivity contribution in [2.24, 2.45) is 0 Å². The van der Waals surface area contributed by atoms with E-state index >= 15 is 0 Å². The molecular formula is C27H33Cl2N7O5S. The zero-order valence-corrected chi connectivity index (χ0v) is 25.9. The van der Waals surface area contributed by atoms with Gasteiger partial charge < -0.3 is 34.3 Å². The number of anilines is 2. The second-order valence-electron chi connectivity index (χ2n) is 9.82. The zero-order valence-electron chi connectivity index (χ0n) is 23.6. The van der Waals surface area contributed by atoms with Crippen LogP contribution >= 0.6 is 34.5 Å². The predicted molar refractivity (Wildman–Crippen MR) is 161 cm³/mol. The highest BCUT2D eigenvalue weighted by atomic mass is 35.5. The molecule has 2 aliphatic heterocycles. The molecule has 2 fully saturated rings. The summed E-state index contributed by atoms with van der Waals surface area (Å²) in [4.78, 5) is 47.5. The molecule has 5 rings (SSSR count). The van der Waals surface area contributed by atoms with Gasteiger partial charge in [0, 0.05) is 38.5 Å². The van der Waals surface area contributed by atoms with E-state index in [4.69, 9.17) is 42.4 Å². The van der Waals surface area contributed by atoms with Crippen molar-refractivity contribution in [3.05, 3.63) is 38.7 Å². The van der Waals surface area contributed by atoms with Crippen molar-refractivity contribution in [3.63, 3.8) is 0 Å². The van der Waals surface area contributed by atoms with Gasteiger partial charge in [-0.15, -0.1) is 0 Å². The Bertz CT molecular complexity index is 1410. The zero-order chi connectivity index (χ0) is 29.8. The van der Waals surface area contributed by atoms with Gasteiger partial charge in [0.25, 0.3) is 5.91 Å². The molecule has 0 aromatic carbocycles. The van der Waals surface area contributed by atoms with Crippen LogP contribution in [-0.4, -0.2) is 96.6 Å². The first-order valence-corrected chi connectivity index (χ1v) is 15.4. The molecule has 2 N–H and O–H groups in total. The third-order valence-electron chi connectivity index (χ3n) is 7.10. The highest BCUT2D eigenvalue weighted by Gasteiger charge is 2.34. The molecule has 2 aliphatic rings. The normalized spacial score (nSPS) is 19.2. The number of piperidine rings is 1. The van der Waals surface area contributed by atoms with Crippen molar-refractivity contribution in [1.29, 1.82) is 0 Å². The van der Waals surface area contributed by atoms with Gasteiger partial charge in [0.05, 0.1) is 54.4 Å². The van der Waals surface area contributed by atoms with Crippen LogP contribution in [0.2, 0.25) is 10.0 Å². The van der Waals surface area contributed by atoms with Crippen LogP contribution in [0.15, 0.2) is 12.4 Å². The van der Waals surface area contributed by atoms with E-state index in [1.807, 2.05) is 6.92 Å². The number of hydrogen-bond acceptors (Lipinski definition) is 11. The second-order valence-corrected chi connectivity index (χ2v) is 11.5. The van der Waals surface area contributed by atoms with Gasteiger partial charge in [-0.1, -0.05) is 34.5 Å².